The Morgan fingerprint density at radius 1 is 1.09 bits per heavy atom. The normalized spacial score (nSPS) is 15.5. The lowest BCUT2D eigenvalue weighted by atomic mass is 10.2. The number of carbonyl (C=O) groups is 1. The fraction of sp³-hybridized carbons (Fsp3) is 0.480. The zero-order chi connectivity index (χ0) is 23.8. The molecule has 1 saturated heterocycles. The van der Waals surface area contributed by atoms with E-state index in [4.69, 9.17) is 0 Å². The molecule has 8 heteroatoms. The van der Waals surface area contributed by atoms with E-state index < -0.39 is 11.3 Å². The van der Waals surface area contributed by atoms with Crippen molar-refractivity contribution in [2.75, 3.05) is 53.8 Å². The van der Waals surface area contributed by atoms with Gasteiger partial charge < -0.3 is 10.2 Å². The van der Waals surface area contributed by atoms with Crippen LogP contribution < -0.4 is 14.5 Å². The van der Waals surface area contributed by atoms with E-state index in [0.717, 1.165) is 68.2 Å². The molecule has 180 valence electrons. The molecule has 7 nitrogen and oxygen atoms in total. The molecule has 0 bridgehead atoms. The SMILES string of the molecule is Cc1ccc(N(CCCCN2CCN(c3cccc(NC(=O)C(C)C)c3)CC2)S(=O)O)cc1. The van der Waals surface area contributed by atoms with Gasteiger partial charge >= 0.3 is 0 Å². The summed E-state index contributed by atoms with van der Waals surface area (Å²) in [5.41, 5.74) is 3.89. The van der Waals surface area contributed by atoms with Gasteiger partial charge in [0.2, 0.25) is 5.91 Å². The Bertz CT molecular complexity index is 928. The van der Waals surface area contributed by atoms with Crippen LogP contribution in [-0.2, 0) is 16.1 Å². The number of hydrogen-bond acceptors (Lipinski definition) is 4. The summed E-state index contributed by atoms with van der Waals surface area (Å²) >= 11 is -2.02. The predicted octanol–water partition coefficient (Wildman–Crippen LogP) is 4.14. The van der Waals surface area contributed by atoms with E-state index in [1.54, 1.807) is 4.31 Å². The summed E-state index contributed by atoms with van der Waals surface area (Å²) in [4.78, 5) is 16.8. The van der Waals surface area contributed by atoms with Gasteiger partial charge in [-0.15, -0.1) is 0 Å². The molecule has 3 rings (SSSR count). The van der Waals surface area contributed by atoms with Crippen molar-refractivity contribution in [1.29, 1.82) is 0 Å². The fourth-order valence-electron chi connectivity index (χ4n) is 3.90. The van der Waals surface area contributed by atoms with Crippen LogP contribution in [0.25, 0.3) is 0 Å². The van der Waals surface area contributed by atoms with Crippen molar-refractivity contribution < 1.29 is 13.6 Å². The first kappa shape index (κ1) is 25.2. The lowest BCUT2D eigenvalue weighted by Gasteiger charge is -2.36. The molecule has 1 aliphatic heterocycles. The van der Waals surface area contributed by atoms with E-state index in [2.05, 4.69) is 21.2 Å². The third kappa shape index (κ3) is 7.55. The third-order valence-corrected chi connectivity index (χ3v) is 6.74. The Labute approximate surface area is 200 Å². The first-order valence-electron chi connectivity index (χ1n) is 11.7. The average Bonchev–Trinajstić information content (AvgIpc) is 2.80. The summed E-state index contributed by atoms with van der Waals surface area (Å²) < 4.78 is 23.0. The number of amides is 1. The van der Waals surface area contributed by atoms with E-state index in [1.165, 1.54) is 0 Å². The minimum absolute atomic E-state index is 0.0305. The maximum atomic E-state index is 12.0. The summed E-state index contributed by atoms with van der Waals surface area (Å²) in [5, 5.41) is 2.98. The van der Waals surface area contributed by atoms with Gasteiger partial charge in [-0.1, -0.05) is 37.6 Å². The molecular weight excluding hydrogens is 436 g/mol. The van der Waals surface area contributed by atoms with Crippen molar-refractivity contribution in [2.24, 2.45) is 5.92 Å². The van der Waals surface area contributed by atoms with Crippen molar-refractivity contribution in [3.05, 3.63) is 54.1 Å². The minimum atomic E-state index is -2.02. The number of aryl methyl sites for hydroxylation is 1. The summed E-state index contributed by atoms with van der Waals surface area (Å²) in [6.07, 6.45) is 1.84. The molecule has 2 N–H and O–H groups in total. The number of unbranched alkanes of at least 4 members (excludes halogenated alkanes) is 1. The Hall–Kier alpha value is -2.42. The molecule has 0 aromatic heterocycles. The van der Waals surface area contributed by atoms with E-state index in [0.29, 0.717) is 6.54 Å². The zero-order valence-electron chi connectivity index (χ0n) is 19.9. The highest BCUT2D eigenvalue weighted by molar-refractivity contribution is 7.80. The third-order valence-electron chi connectivity index (χ3n) is 5.97. The standard InChI is InChI=1S/C25H36N4O3S/c1-20(2)25(30)26-22-7-6-8-24(19-22)28-17-15-27(16-18-28)13-4-5-14-29(33(31)32)23-11-9-21(3)10-12-23/h6-12,19-20H,4-5,13-18H2,1-3H3,(H,26,30)(H,31,32). The average molecular weight is 473 g/mol. The predicted molar refractivity (Wildman–Crippen MR) is 137 cm³/mol. The van der Waals surface area contributed by atoms with Gasteiger partial charge in [-0.3, -0.25) is 18.6 Å². The summed E-state index contributed by atoms with van der Waals surface area (Å²) in [7, 11) is 0. The van der Waals surface area contributed by atoms with Crippen molar-refractivity contribution in [1.82, 2.24) is 4.90 Å². The highest BCUT2D eigenvalue weighted by Gasteiger charge is 2.18. The van der Waals surface area contributed by atoms with Crippen LogP contribution in [0.1, 0.15) is 32.3 Å². The van der Waals surface area contributed by atoms with Crippen molar-refractivity contribution in [3.63, 3.8) is 0 Å². The second-order valence-corrected chi connectivity index (χ2v) is 9.80. The molecule has 0 spiro atoms. The molecule has 0 aliphatic carbocycles. The number of nitrogens with one attached hydrogen (secondary N) is 1. The summed E-state index contributed by atoms with van der Waals surface area (Å²) in [6, 6.07) is 15.8. The van der Waals surface area contributed by atoms with Crippen molar-refractivity contribution in [3.8, 4) is 0 Å². The minimum Gasteiger partial charge on any atom is -0.369 e. The monoisotopic (exact) mass is 472 g/mol. The molecule has 1 aliphatic rings. The van der Waals surface area contributed by atoms with E-state index in [-0.39, 0.29) is 11.8 Å². The second kappa shape index (κ2) is 12.2. The zero-order valence-corrected chi connectivity index (χ0v) is 20.7. The molecule has 1 amide bonds. The second-order valence-electron chi connectivity index (χ2n) is 8.90. The molecule has 2 aromatic carbocycles. The van der Waals surface area contributed by atoms with Crippen LogP contribution in [0.3, 0.4) is 0 Å². The molecule has 1 atom stereocenters. The highest BCUT2D eigenvalue weighted by atomic mass is 32.2. The van der Waals surface area contributed by atoms with Crippen LogP contribution >= 0.6 is 0 Å². The lowest BCUT2D eigenvalue weighted by Crippen LogP contribution is -2.46. The van der Waals surface area contributed by atoms with Gasteiger partial charge in [0.15, 0.2) is 0 Å². The van der Waals surface area contributed by atoms with Gasteiger partial charge in [0.05, 0.1) is 5.69 Å². The molecule has 0 radical (unpaired) electrons. The topological polar surface area (TPSA) is 76.1 Å². The highest BCUT2D eigenvalue weighted by Crippen LogP contribution is 2.22. The van der Waals surface area contributed by atoms with Gasteiger partial charge in [0, 0.05) is 50.0 Å². The summed E-state index contributed by atoms with van der Waals surface area (Å²) in [5.74, 6) is -0.0125. The largest absolute Gasteiger partial charge is 0.369 e. The van der Waals surface area contributed by atoms with Crippen LogP contribution in [0.15, 0.2) is 48.5 Å². The van der Waals surface area contributed by atoms with Gasteiger partial charge in [-0.25, -0.2) is 4.21 Å². The fourth-order valence-corrected chi connectivity index (χ4v) is 4.48. The molecule has 1 fully saturated rings. The lowest BCUT2D eigenvalue weighted by molar-refractivity contribution is -0.118. The summed E-state index contributed by atoms with van der Waals surface area (Å²) in [6.45, 7) is 11.2. The number of piperazine rings is 1. The number of nitrogens with zero attached hydrogens (tertiary/aromatic N) is 3. The van der Waals surface area contributed by atoms with Crippen LogP contribution in [0.5, 0.6) is 0 Å². The van der Waals surface area contributed by atoms with Crippen LogP contribution in [0.2, 0.25) is 0 Å². The Morgan fingerprint density at radius 2 is 1.79 bits per heavy atom. The molecule has 1 unspecified atom stereocenters. The van der Waals surface area contributed by atoms with Crippen LogP contribution in [0.4, 0.5) is 17.1 Å². The van der Waals surface area contributed by atoms with Gasteiger partial charge in [-0.05, 0) is 56.6 Å². The van der Waals surface area contributed by atoms with Crippen LogP contribution in [0, 0.1) is 12.8 Å². The maximum absolute atomic E-state index is 12.0. The van der Waals surface area contributed by atoms with Crippen molar-refractivity contribution in [2.45, 2.75) is 33.6 Å². The van der Waals surface area contributed by atoms with Crippen molar-refractivity contribution >= 4 is 34.2 Å². The first-order valence-corrected chi connectivity index (χ1v) is 12.7. The molecule has 1 heterocycles. The first-order chi connectivity index (χ1) is 15.8. The van der Waals surface area contributed by atoms with E-state index in [1.807, 2.05) is 63.2 Å². The van der Waals surface area contributed by atoms with Gasteiger partial charge in [0.25, 0.3) is 11.3 Å². The Morgan fingerprint density at radius 3 is 2.42 bits per heavy atom. The number of rotatable bonds is 10. The molecule has 0 saturated carbocycles. The Balaban J connectivity index is 1.42. The number of benzene rings is 2. The van der Waals surface area contributed by atoms with Gasteiger partial charge in [0.1, 0.15) is 0 Å². The molecular formula is C25H36N4O3S. The molecule has 2 aromatic rings. The number of carbonyl (C=O) groups excluding carboxylic acids is 1. The van der Waals surface area contributed by atoms with Crippen LogP contribution in [-0.4, -0.2) is 58.8 Å². The Kier molecular flexibility index (Phi) is 9.29. The van der Waals surface area contributed by atoms with Gasteiger partial charge in [-0.2, -0.15) is 0 Å². The number of hydrogen-bond donors (Lipinski definition) is 2. The quantitative estimate of drug-likeness (QED) is 0.402. The number of anilines is 3. The smallest absolute Gasteiger partial charge is 0.261 e. The van der Waals surface area contributed by atoms with E-state index >= 15 is 0 Å². The molecule has 33 heavy (non-hydrogen) atoms. The maximum Gasteiger partial charge on any atom is 0.261 e. The van der Waals surface area contributed by atoms with E-state index in [9.17, 15) is 13.6 Å².